The first-order chi connectivity index (χ1) is 12.0. The van der Waals surface area contributed by atoms with Gasteiger partial charge in [0, 0.05) is 22.1 Å². The van der Waals surface area contributed by atoms with Gasteiger partial charge in [-0.2, -0.15) is 0 Å². The molecule has 0 aromatic carbocycles. The number of fused-ring (bicyclic) bond motifs is 3. The first-order valence-corrected chi connectivity index (χ1v) is 10.5. The van der Waals surface area contributed by atoms with Crippen molar-refractivity contribution in [2.75, 3.05) is 0 Å². The summed E-state index contributed by atoms with van der Waals surface area (Å²) in [6.07, 6.45) is 12.3. The van der Waals surface area contributed by atoms with Crippen LogP contribution in [-0.4, -0.2) is 10.8 Å². The van der Waals surface area contributed by atoms with E-state index in [2.05, 4.69) is 32.9 Å². The normalized spacial score (nSPS) is 37.6. The van der Waals surface area contributed by atoms with Gasteiger partial charge in [-0.25, -0.2) is 0 Å². The van der Waals surface area contributed by atoms with E-state index in [1.807, 2.05) is 0 Å². The second-order valence-corrected chi connectivity index (χ2v) is 9.39. The van der Waals surface area contributed by atoms with Gasteiger partial charge in [-0.1, -0.05) is 40.0 Å². The Balaban J connectivity index is 1.69. The van der Waals surface area contributed by atoms with E-state index in [1.165, 1.54) is 50.6 Å². The van der Waals surface area contributed by atoms with Crippen molar-refractivity contribution in [2.24, 2.45) is 17.3 Å². The highest BCUT2D eigenvalue weighted by atomic mass is 16.1. The van der Waals surface area contributed by atoms with E-state index in [0.717, 1.165) is 42.4 Å². The van der Waals surface area contributed by atoms with Crippen molar-refractivity contribution in [2.45, 2.75) is 90.4 Å². The van der Waals surface area contributed by atoms with Gasteiger partial charge in [-0.05, 0) is 68.9 Å². The zero-order valence-electron chi connectivity index (χ0n) is 16.2. The number of Topliss-reactive ketones (excluding diaryl/α,β-unsaturated/α-hetero) is 1. The molecule has 3 aliphatic rings. The highest BCUT2D eigenvalue weighted by Gasteiger charge is 2.45. The van der Waals surface area contributed by atoms with Gasteiger partial charge in [0.05, 0.1) is 5.69 Å². The molecular weight excluding hydrogens is 306 g/mol. The molecule has 136 valence electrons. The Bertz CT molecular complexity index is 681. The minimum absolute atomic E-state index is 0.178. The summed E-state index contributed by atoms with van der Waals surface area (Å²) < 4.78 is 0. The maximum absolute atomic E-state index is 12.9. The smallest absolute Gasteiger partial charge is 0.170 e. The zero-order chi connectivity index (χ0) is 17.7. The summed E-state index contributed by atoms with van der Waals surface area (Å²) in [5, 5.41) is 0. The lowest BCUT2D eigenvalue weighted by atomic mass is 9.57. The SMILES string of the molecule is CCC1CC2CCCC(c3ccc4c(n3)CCC(C)(CC)C4=O)(C1)C2. The first-order valence-electron chi connectivity index (χ1n) is 10.5. The summed E-state index contributed by atoms with van der Waals surface area (Å²) in [5.74, 6) is 2.08. The van der Waals surface area contributed by atoms with Gasteiger partial charge in [-0.15, -0.1) is 0 Å². The minimum Gasteiger partial charge on any atom is -0.293 e. The Hall–Kier alpha value is -1.18. The Labute approximate surface area is 152 Å². The Kier molecular flexibility index (Phi) is 4.29. The lowest BCUT2D eigenvalue weighted by Crippen LogP contribution is -2.41. The van der Waals surface area contributed by atoms with Gasteiger partial charge in [0.2, 0.25) is 0 Å². The Morgan fingerprint density at radius 1 is 1.20 bits per heavy atom. The molecule has 0 spiro atoms. The van der Waals surface area contributed by atoms with E-state index in [-0.39, 0.29) is 5.41 Å². The molecule has 3 aliphatic carbocycles. The monoisotopic (exact) mass is 339 g/mol. The number of pyridine rings is 1. The van der Waals surface area contributed by atoms with E-state index < -0.39 is 0 Å². The number of hydrogen-bond donors (Lipinski definition) is 0. The number of ketones is 1. The molecule has 1 aromatic rings. The van der Waals surface area contributed by atoms with Crippen LogP contribution in [0.1, 0.15) is 100 Å². The van der Waals surface area contributed by atoms with Crippen LogP contribution in [-0.2, 0) is 11.8 Å². The molecule has 0 saturated heterocycles. The van der Waals surface area contributed by atoms with Crippen molar-refractivity contribution in [3.8, 4) is 0 Å². The van der Waals surface area contributed by atoms with E-state index in [0.29, 0.717) is 11.2 Å². The minimum atomic E-state index is -0.178. The van der Waals surface area contributed by atoms with Crippen LogP contribution in [0.4, 0.5) is 0 Å². The Morgan fingerprint density at radius 3 is 2.80 bits per heavy atom. The molecule has 2 nitrogen and oxygen atoms in total. The zero-order valence-corrected chi connectivity index (χ0v) is 16.2. The molecule has 2 bridgehead atoms. The number of nitrogens with zero attached hydrogens (tertiary/aromatic N) is 1. The van der Waals surface area contributed by atoms with E-state index >= 15 is 0 Å². The summed E-state index contributed by atoms with van der Waals surface area (Å²) >= 11 is 0. The number of aromatic nitrogens is 1. The molecule has 4 atom stereocenters. The fourth-order valence-electron chi connectivity index (χ4n) is 5.99. The Morgan fingerprint density at radius 2 is 2.04 bits per heavy atom. The van der Waals surface area contributed by atoms with Gasteiger partial charge in [0.15, 0.2) is 5.78 Å². The van der Waals surface area contributed by atoms with E-state index in [1.54, 1.807) is 0 Å². The average Bonchev–Trinajstić information content (AvgIpc) is 2.64. The van der Waals surface area contributed by atoms with Gasteiger partial charge < -0.3 is 0 Å². The highest BCUT2D eigenvalue weighted by molar-refractivity contribution is 6.02. The van der Waals surface area contributed by atoms with Gasteiger partial charge in [-0.3, -0.25) is 9.78 Å². The molecule has 25 heavy (non-hydrogen) atoms. The summed E-state index contributed by atoms with van der Waals surface area (Å²) in [6.45, 7) is 6.62. The van der Waals surface area contributed by atoms with Crippen LogP contribution >= 0.6 is 0 Å². The molecule has 4 unspecified atom stereocenters. The van der Waals surface area contributed by atoms with Crippen LogP contribution in [0.25, 0.3) is 0 Å². The molecular formula is C23H33NO. The van der Waals surface area contributed by atoms with Crippen LogP contribution in [0, 0.1) is 17.3 Å². The predicted octanol–water partition coefficient (Wildman–Crippen LogP) is 5.87. The maximum atomic E-state index is 12.9. The summed E-state index contributed by atoms with van der Waals surface area (Å²) in [6, 6.07) is 4.35. The molecule has 0 radical (unpaired) electrons. The molecule has 0 N–H and O–H groups in total. The topological polar surface area (TPSA) is 30.0 Å². The largest absolute Gasteiger partial charge is 0.293 e. The number of aryl methyl sites for hydroxylation is 1. The molecule has 0 aliphatic heterocycles. The van der Waals surface area contributed by atoms with Crippen molar-refractivity contribution < 1.29 is 4.79 Å². The number of hydrogen-bond acceptors (Lipinski definition) is 2. The van der Waals surface area contributed by atoms with Crippen molar-refractivity contribution in [3.05, 3.63) is 29.1 Å². The molecule has 2 fully saturated rings. The van der Waals surface area contributed by atoms with Crippen LogP contribution < -0.4 is 0 Å². The number of carbonyl (C=O) groups excluding carboxylic acids is 1. The third-order valence-electron chi connectivity index (χ3n) is 7.87. The summed E-state index contributed by atoms with van der Waals surface area (Å²) in [5.41, 5.74) is 3.42. The molecule has 1 heterocycles. The first kappa shape index (κ1) is 17.2. The molecule has 1 aromatic heterocycles. The summed E-state index contributed by atoms with van der Waals surface area (Å²) in [4.78, 5) is 18.1. The van der Waals surface area contributed by atoms with Crippen LogP contribution in [0.3, 0.4) is 0 Å². The number of carbonyl (C=O) groups is 1. The third kappa shape index (κ3) is 2.76. The molecule has 2 saturated carbocycles. The average molecular weight is 340 g/mol. The number of rotatable bonds is 3. The fraction of sp³-hybridized carbons (Fsp3) is 0.739. The fourth-order valence-corrected chi connectivity index (χ4v) is 5.99. The standard InChI is InChI=1S/C23H33NO/c1-4-16-13-17-7-6-11-23(14-16,15-17)20-9-8-18-19(24-20)10-12-22(3,5-2)21(18)25/h8-9,16-17H,4-7,10-15H2,1-3H3. The molecule has 4 rings (SSSR count). The summed E-state index contributed by atoms with van der Waals surface area (Å²) in [7, 11) is 0. The highest BCUT2D eigenvalue weighted by Crippen LogP contribution is 2.53. The molecule has 2 heteroatoms. The van der Waals surface area contributed by atoms with Crippen LogP contribution in [0.2, 0.25) is 0 Å². The lowest BCUT2D eigenvalue weighted by molar-refractivity contribution is 0.0773. The molecule has 0 amide bonds. The van der Waals surface area contributed by atoms with E-state index in [4.69, 9.17) is 4.98 Å². The van der Waals surface area contributed by atoms with Crippen molar-refractivity contribution in [3.63, 3.8) is 0 Å². The van der Waals surface area contributed by atoms with Crippen molar-refractivity contribution in [1.29, 1.82) is 0 Å². The maximum Gasteiger partial charge on any atom is 0.170 e. The van der Waals surface area contributed by atoms with Crippen molar-refractivity contribution in [1.82, 2.24) is 4.98 Å². The van der Waals surface area contributed by atoms with Crippen LogP contribution in [0.15, 0.2) is 12.1 Å². The quantitative estimate of drug-likeness (QED) is 0.689. The van der Waals surface area contributed by atoms with Gasteiger partial charge in [0.1, 0.15) is 0 Å². The van der Waals surface area contributed by atoms with Crippen LogP contribution in [0.5, 0.6) is 0 Å². The predicted molar refractivity (Wildman–Crippen MR) is 102 cm³/mol. The van der Waals surface area contributed by atoms with Crippen molar-refractivity contribution >= 4 is 5.78 Å². The second-order valence-electron chi connectivity index (χ2n) is 9.39. The second kappa shape index (κ2) is 6.21. The lowest BCUT2D eigenvalue weighted by Gasteiger charge is -2.48. The third-order valence-corrected chi connectivity index (χ3v) is 7.87. The van der Waals surface area contributed by atoms with Gasteiger partial charge in [0.25, 0.3) is 0 Å². The van der Waals surface area contributed by atoms with E-state index in [9.17, 15) is 4.79 Å². The van der Waals surface area contributed by atoms with Gasteiger partial charge >= 0.3 is 0 Å².